The van der Waals surface area contributed by atoms with Crippen molar-refractivity contribution in [2.75, 3.05) is 19.8 Å². The van der Waals surface area contributed by atoms with E-state index in [4.69, 9.17) is 18.8 Å². The van der Waals surface area contributed by atoms with Gasteiger partial charge in [0.25, 0.3) is 10.1 Å². The van der Waals surface area contributed by atoms with Crippen molar-refractivity contribution >= 4 is 51.1 Å². The Labute approximate surface area is 168 Å². The van der Waals surface area contributed by atoms with Gasteiger partial charge in [-0.1, -0.05) is 13.2 Å². The molecule has 1 atom stereocenters. The lowest BCUT2D eigenvalue weighted by atomic mass is 10.2. The second-order valence-electron chi connectivity index (χ2n) is 5.41. The monoisotopic (exact) mass is 404 g/mol. The fourth-order valence-corrected chi connectivity index (χ4v) is 1.43. The molecular weight excluding hydrogens is 381 g/mol. The van der Waals surface area contributed by atoms with E-state index in [1.54, 1.807) is 0 Å². The van der Waals surface area contributed by atoms with Gasteiger partial charge < -0.3 is 14.2 Å². The third-order valence-electron chi connectivity index (χ3n) is 2.83. The lowest BCUT2D eigenvalue weighted by Gasteiger charge is -2.17. The average Bonchev–Trinajstić information content (AvgIpc) is 2.50. The highest BCUT2D eigenvalue weighted by atomic mass is 32.2. The summed E-state index contributed by atoms with van der Waals surface area (Å²) in [5.74, 6) is -3.65. The highest BCUT2D eigenvalue weighted by Gasteiger charge is 2.27. The van der Waals surface area contributed by atoms with Gasteiger partial charge in [0.15, 0.2) is 0 Å². The van der Waals surface area contributed by atoms with Crippen LogP contribution in [0, 0.1) is 5.92 Å². The second kappa shape index (κ2) is 12.0. The Morgan fingerprint density at radius 2 is 1.31 bits per heavy atom. The third-order valence-corrected chi connectivity index (χ3v) is 3.98. The molecule has 0 aromatic rings. The molecule has 0 bridgehead atoms. The fraction of sp³-hybridized carbons (Fsp3) is 0.533. The molecule has 0 heterocycles. The van der Waals surface area contributed by atoms with Gasteiger partial charge in [0.05, 0.1) is 0 Å². The first-order valence-electron chi connectivity index (χ1n) is 7.14. The van der Waals surface area contributed by atoms with Crippen molar-refractivity contribution < 1.29 is 41.6 Å². The second-order valence-corrected chi connectivity index (χ2v) is 7.24. The molecule has 146 valence electrons. The van der Waals surface area contributed by atoms with E-state index in [9.17, 15) is 22.8 Å². The maximum absolute atomic E-state index is 12.0. The molecule has 0 amide bonds. The summed E-state index contributed by atoms with van der Waals surface area (Å²) in [6, 6.07) is 0. The van der Waals surface area contributed by atoms with E-state index in [0.29, 0.717) is 0 Å². The summed E-state index contributed by atoms with van der Waals surface area (Å²) in [6.45, 7) is 9.17. The lowest BCUT2D eigenvalue weighted by molar-refractivity contribution is -0.158. The van der Waals surface area contributed by atoms with Crippen molar-refractivity contribution in [1.29, 1.82) is 0 Å². The molecule has 0 aromatic heterocycles. The number of hydrogen-bond acceptors (Lipinski definition) is 8. The average molecular weight is 405 g/mol. The largest absolute Gasteiger partial charge is 0.464 e. The molecular formula is C15H24MgO9S. The predicted molar refractivity (Wildman–Crippen MR) is 95.5 cm³/mol. The summed E-state index contributed by atoms with van der Waals surface area (Å²) in [5.41, 5.74) is 0.206. The zero-order chi connectivity index (χ0) is 19.8. The Kier molecular flexibility index (Phi) is 12.4. The molecule has 26 heavy (non-hydrogen) atoms. The molecule has 9 nitrogen and oxygen atoms in total. The minimum absolute atomic E-state index is 0. The highest BCUT2D eigenvalue weighted by Crippen LogP contribution is 2.08. The van der Waals surface area contributed by atoms with Crippen molar-refractivity contribution in [3.8, 4) is 0 Å². The van der Waals surface area contributed by atoms with E-state index in [2.05, 4.69) is 13.2 Å². The molecule has 11 heteroatoms. The number of ether oxygens (including phenoxy) is 3. The Hall–Kier alpha value is -1.43. The van der Waals surface area contributed by atoms with E-state index in [1.165, 1.54) is 13.8 Å². The van der Waals surface area contributed by atoms with Crippen LogP contribution >= 0.6 is 0 Å². The van der Waals surface area contributed by atoms with Crippen LogP contribution in [0.5, 0.6) is 0 Å². The van der Waals surface area contributed by atoms with Crippen LogP contribution in [-0.2, 0) is 38.7 Å². The summed E-state index contributed by atoms with van der Waals surface area (Å²) < 4.78 is 45.1. The molecule has 1 unspecified atom stereocenters. The molecule has 0 rings (SSSR count). The Morgan fingerprint density at radius 3 is 1.62 bits per heavy atom. The van der Waals surface area contributed by atoms with Crippen molar-refractivity contribution in [1.82, 2.24) is 0 Å². The molecule has 0 saturated heterocycles. The SMILES string of the molecule is C=C(C)C(=O)OCC(COC(=O)C(=C)C)C(=O)OCC(C)S(=O)(=O)O.[MgH2]. The smallest absolute Gasteiger partial charge is 0.333 e. The highest BCUT2D eigenvalue weighted by molar-refractivity contribution is 7.86. The summed E-state index contributed by atoms with van der Waals surface area (Å²) in [4.78, 5) is 34.8. The summed E-state index contributed by atoms with van der Waals surface area (Å²) >= 11 is 0. The van der Waals surface area contributed by atoms with Crippen LogP contribution in [0.4, 0.5) is 0 Å². The summed E-state index contributed by atoms with van der Waals surface area (Å²) in [5, 5.41) is -1.34. The van der Waals surface area contributed by atoms with Gasteiger partial charge in [0.2, 0.25) is 0 Å². The first-order chi connectivity index (χ1) is 11.4. The minimum Gasteiger partial charge on any atom is -0.464 e. The van der Waals surface area contributed by atoms with Crippen molar-refractivity contribution in [2.24, 2.45) is 5.92 Å². The molecule has 0 aliphatic rings. The number of carbonyl (C=O) groups excluding carboxylic acids is 3. The summed E-state index contributed by atoms with van der Waals surface area (Å²) in [6.07, 6.45) is 0. The van der Waals surface area contributed by atoms with Crippen molar-refractivity contribution in [3.05, 3.63) is 24.3 Å². The van der Waals surface area contributed by atoms with E-state index < -0.39 is 59.0 Å². The number of rotatable bonds is 10. The van der Waals surface area contributed by atoms with Gasteiger partial charge in [-0.2, -0.15) is 8.42 Å². The van der Waals surface area contributed by atoms with E-state index >= 15 is 0 Å². The maximum atomic E-state index is 12.0. The number of carbonyl (C=O) groups is 3. The summed E-state index contributed by atoms with van der Waals surface area (Å²) in [7, 11) is -4.37. The van der Waals surface area contributed by atoms with Gasteiger partial charge in [-0.15, -0.1) is 0 Å². The Morgan fingerprint density at radius 1 is 0.923 bits per heavy atom. The van der Waals surface area contributed by atoms with Crippen LogP contribution in [0.3, 0.4) is 0 Å². The molecule has 0 aliphatic heterocycles. The van der Waals surface area contributed by atoms with Gasteiger partial charge in [-0.25, -0.2) is 9.59 Å². The zero-order valence-electron chi connectivity index (χ0n) is 14.3. The first kappa shape index (κ1) is 26.8. The van der Waals surface area contributed by atoms with E-state index in [0.717, 1.165) is 6.92 Å². The van der Waals surface area contributed by atoms with Crippen LogP contribution in [0.2, 0.25) is 0 Å². The fourth-order valence-electron chi connectivity index (χ4n) is 1.19. The number of hydrogen-bond donors (Lipinski definition) is 1. The molecule has 0 fully saturated rings. The van der Waals surface area contributed by atoms with Crippen LogP contribution in [0.1, 0.15) is 20.8 Å². The first-order valence-corrected chi connectivity index (χ1v) is 8.64. The Balaban J connectivity index is 0. The predicted octanol–water partition coefficient (Wildman–Crippen LogP) is -0.255. The quantitative estimate of drug-likeness (QED) is 0.172. The third kappa shape index (κ3) is 10.5. The molecule has 0 saturated carbocycles. The molecule has 1 N–H and O–H groups in total. The lowest BCUT2D eigenvalue weighted by Crippen LogP contribution is -2.32. The Bertz CT molecular complexity index is 624. The van der Waals surface area contributed by atoms with Gasteiger partial charge >= 0.3 is 41.0 Å². The van der Waals surface area contributed by atoms with Gasteiger partial charge in [-0.05, 0) is 20.8 Å². The zero-order valence-corrected chi connectivity index (χ0v) is 15.1. The van der Waals surface area contributed by atoms with Crippen LogP contribution in [0.25, 0.3) is 0 Å². The molecule has 0 aromatic carbocycles. The topological polar surface area (TPSA) is 133 Å². The molecule has 0 aliphatic carbocycles. The van der Waals surface area contributed by atoms with Gasteiger partial charge in [0, 0.05) is 11.1 Å². The van der Waals surface area contributed by atoms with E-state index in [-0.39, 0.29) is 34.2 Å². The van der Waals surface area contributed by atoms with Crippen LogP contribution < -0.4 is 0 Å². The van der Waals surface area contributed by atoms with Gasteiger partial charge in [0.1, 0.15) is 31.0 Å². The van der Waals surface area contributed by atoms with Crippen LogP contribution in [0.15, 0.2) is 24.3 Å². The number of esters is 3. The minimum atomic E-state index is -4.37. The van der Waals surface area contributed by atoms with E-state index in [1.807, 2.05) is 0 Å². The standard InChI is InChI=1S/C15H22O9S.Mg.2H/c1-9(2)13(16)23-7-12(8-24-14(17)10(3)4)15(18)22-6-11(5)25(19,20)21;;;/h11-12H,1,3,6-8H2,2,4-5H3,(H,19,20,21);;;. The molecule has 0 radical (unpaired) electrons. The van der Waals surface area contributed by atoms with Crippen molar-refractivity contribution in [3.63, 3.8) is 0 Å². The molecule has 0 spiro atoms. The van der Waals surface area contributed by atoms with Gasteiger partial charge in [-0.3, -0.25) is 9.35 Å². The van der Waals surface area contributed by atoms with Crippen LogP contribution in [-0.4, -0.2) is 79.0 Å². The maximum Gasteiger partial charge on any atom is 0.333 e. The van der Waals surface area contributed by atoms with Crippen molar-refractivity contribution in [2.45, 2.75) is 26.0 Å². The normalized spacial score (nSPS) is 11.7.